The molecular formula is C11H20N2O3. The average molecular weight is 228 g/mol. The fraction of sp³-hybridized carbons (Fsp3) is 0.818. The molecule has 0 aromatic carbocycles. The molecule has 1 unspecified atom stereocenters. The minimum absolute atomic E-state index is 0.124. The van der Waals surface area contributed by atoms with Crippen LogP contribution in [0, 0.1) is 11.8 Å². The molecule has 2 atom stereocenters. The van der Waals surface area contributed by atoms with E-state index in [2.05, 4.69) is 5.32 Å². The summed E-state index contributed by atoms with van der Waals surface area (Å²) in [6.07, 6.45) is 2.39. The van der Waals surface area contributed by atoms with Crippen molar-refractivity contribution in [1.82, 2.24) is 5.32 Å². The Labute approximate surface area is 95.4 Å². The molecule has 1 saturated carbocycles. The van der Waals surface area contributed by atoms with Crippen LogP contribution in [0.25, 0.3) is 0 Å². The van der Waals surface area contributed by atoms with Gasteiger partial charge in [0.2, 0.25) is 5.91 Å². The number of carbonyl (C=O) groups excluding carboxylic acids is 1. The van der Waals surface area contributed by atoms with Crippen molar-refractivity contribution in [3.8, 4) is 0 Å². The van der Waals surface area contributed by atoms with Gasteiger partial charge in [0.05, 0.1) is 0 Å². The maximum atomic E-state index is 11.6. The molecule has 1 aliphatic carbocycles. The van der Waals surface area contributed by atoms with Crippen molar-refractivity contribution in [2.45, 2.75) is 45.2 Å². The lowest BCUT2D eigenvalue weighted by Crippen LogP contribution is -2.46. The molecule has 0 bridgehead atoms. The van der Waals surface area contributed by atoms with E-state index in [0.717, 1.165) is 12.8 Å². The van der Waals surface area contributed by atoms with E-state index >= 15 is 0 Å². The number of nitrogens with two attached hydrogens (primary N) is 1. The first-order chi connectivity index (χ1) is 7.41. The molecule has 0 aromatic heterocycles. The summed E-state index contributed by atoms with van der Waals surface area (Å²) in [5, 5.41) is 11.4. The van der Waals surface area contributed by atoms with Crippen LogP contribution in [-0.2, 0) is 9.59 Å². The first-order valence-corrected chi connectivity index (χ1v) is 5.69. The monoisotopic (exact) mass is 228 g/mol. The molecule has 0 spiro atoms. The lowest BCUT2D eigenvalue weighted by Gasteiger charge is -2.19. The van der Waals surface area contributed by atoms with Crippen molar-refractivity contribution in [3.63, 3.8) is 0 Å². The Morgan fingerprint density at radius 3 is 2.38 bits per heavy atom. The van der Waals surface area contributed by atoms with E-state index in [1.807, 2.05) is 0 Å². The average Bonchev–Trinajstić information content (AvgIpc) is 2.95. The van der Waals surface area contributed by atoms with E-state index in [1.165, 1.54) is 0 Å². The fourth-order valence-corrected chi connectivity index (χ4v) is 1.65. The van der Waals surface area contributed by atoms with E-state index in [1.54, 1.807) is 13.8 Å². The molecule has 1 aliphatic rings. The summed E-state index contributed by atoms with van der Waals surface area (Å²) in [5.41, 5.74) is 5.80. The van der Waals surface area contributed by atoms with E-state index < -0.39 is 12.0 Å². The third-order valence-corrected chi connectivity index (χ3v) is 2.90. The van der Waals surface area contributed by atoms with Gasteiger partial charge in [-0.25, -0.2) is 4.79 Å². The highest BCUT2D eigenvalue weighted by Gasteiger charge is 2.31. The number of aliphatic carboxylic acids is 1. The maximum Gasteiger partial charge on any atom is 0.326 e. The second-order valence-corrected chi connectivity index (χ2v) is 4.83. The Kier molecular flexibility index (Phi) is 4.29. The molecule has 4 N–H and O–H groups in total. The molecule has 5 heteroatoms. The topological polar surface area (TPSA) is 92.4 Å². The zero-order valence-corrected chi connectivity index (χ0v) is 9.77. The van der Waals surface area contributed by atoms with E-state index in [4.69, 9.17) is 10.8 Å². The molecule has 1 rings (SSSR count). The van der Waals surface area contributed by atoms with Gasteiger partial charge in [-0.1, -0.05) is 13.8 Å². The molecule has 0 aromatic rings. The third kappa shape index (κ3) is 3.81. The molecule has 0 saturated heterocycles. The standard InChI is InChI=1S/C11H20N2O3/c1-6(2)10(11(15)16)13-9(14)5-8(12)7-3-4-7/h6-8,10H,3-5,12H2,1-2H3,(H,13,14)(H,15,16)/t8?,10-/m1/s1. The first kappa shape index (κ1) is 13.0. The van der Waals surface area contributed by atoms with E-state index in [-0.39, 0.29) is 24.3 Å². The number of nitrogens with one attached hydrogen (secondary N) is 1. The Hall–Kier alpha value is -1.10. The Morgan fingerprint density at radius 1 is 1.44 bits per heavy atom. The predicted molar refractivity (Wildman–Crippen MR) is 59.7 cm³/mol. The van der Waals surface area contributed by atoms with Crippen molar-refractivity contribution in [2.24, 2.45) is 17.6 Å². The summed E-state index contributed by atoms with van der Waals surface area (Å²) in [5.74, 6) is -0.935. The number of amides is 1. The van der Waals surface area contributed by atoms with Crippen LogP contribution in [0.1, 0.15) is 33.1 Å². The molecule has 0 heterocycles. The molecule has 0 radical (unpaired) electrons. The van der Waals surface area contributed by atoms with Crippen molar-refractivity contribution in [1.29, 1.82) is 0 Å². The smallest absolute Gasteiger partial charge is 0.326 e. The molecule has 5 nitrogen and oxygen atoms in total. The van der Waals surface area contributed by atoms with Crippen LogP contribution in [0.15, 0.2) is 0 Å². The van der Waals surface area contributed by atoms with Crippen LogP contribution in [0.2, 0.25) is 0 Å². The largest absolute Gasteiger partial charge is 0.480 e. The SMILES string of the molecule is CC(C)[C@@H](NC(=O)CC(N)C1CC1)C(=O)O. The van der Waals surface area contributed by atoms with Crippen LogP contribution in [0.3, 0.4) is 0 Å². The maximum absolute atomic E-state index is 11.6. The molecule has 1 amide bonds. The van der Waals surface area contributed by atoms with Gasteiger partial charge in [0.1, 0.15) is 6.04 Å². The number of carbonyl (C=O) groups is 2. The highest BCUT2D eigenvalue weighted by Crippen LogP contribution is 2.32. The quantitative estimate of drug-likeness (QED) is 0.611. The summed E-state index contributed by atoms with van der Waals surface area (Å²) < 4.78 is 0. The summed E-state index contributed by atoms with van der Waals surface area (Å²) in [7, 11) is 0. The normalized spacial score (nSPS) is 19.2. The molecule has 16 heavy (non-hydrogen) atoms. The fourth-order valence-electron chi connectivity index (χ4n) is 1.65. The minimum atomic E-state index is -0.997. The van der Waals surface area contributed by atoms with Crippen LogP contribution in [-0.4, -0.2) is 29.1 Å². The zero-order chi connectivity index (χ0) is 12.3. The minimum Gasteiger partial charge on any atom is -0.480 e. The predicted octanol–water partition coefficient (Wildman–Crippen LogP) is 0.339. The van der Waals surface area contributed by atoms with Crippen LogP contribution >= 0.6 is 0 Å². The molecule has 1 fully saturated rings. The van der Waals surface area contributed by atoms with Crippen LogP contribution in [0.4, 0.5) is 0 Å². The molecular weight excluding hydrogens is 208 g/mol. The number of carboxylic acid groups (broad SMARTS) is 1. The van der Waals surface area contributed by atoms with Gasteiger partial charge in [0.15, 0.2) is 0 Å². The van der Waals surface area contributed by atoms with Crippen LogP contribution < -0.4 is 11.1 Å². The van der Waals surface area contributed by atoms with Crippen molar-refractivity contribution >= 4 is 11.9 Å². The van der Waals surface area contributed by atoms with Gasteiger partial charge in [-0.05, 0) is 24.7 Å². The summed E-state index contributed by atoms with van der Waals surface area (Å²) in [6, 6.07) is -0.944. The first-order valence-electron chi connectivity index (χ1n) is 5.69. The third-order valence-electron chi connectivity index (χ3n) is 2.90. The van der Waals surface area contributed by atoms with Gasteiger partial charge >= 0.3 is 5.97 Å². The van der Waals surface area contributed by atoms with Crippen molar-refractivity contribution in [2.75, 3.05) is 0 Å². The second-order valence-electron chi connectivity index (χ2n) is 4.83. The Bertz CT molecular complexity index is 274. The van der Waals surface area contributed by atoms with Gasteiger partial charge in [0.25, 0.3) is 0 Å². The zero-order valence-electron chi connectivity index (χ0n) is 9.77. The van der Waals surface area contributed by atoms with Gasteiger partial charge < -0.3 is 16.2 Å². The summed E-state index contributed by atoms with van der Waals surface area (Å²) >= 11 is 0. The Morgan fingerprint density at radius 2 is 2.00 bits per heavy atom. The number of carboxylic acids is 1. The van der Waals surface area contributed by atoms with Gasteiger partial charge in [-0.15, -0.1) is 0 Å². The van der Waals surface area contributed by atoms with Crippen molar-refractivity contribution < 1.29 is 14.7 Å². The van der Waals surface area contributed by atoms with E-state index in [0.29, 0.717) is 5.92 Å². The highest BCUT2D eigenvalue weighted by atomic mass is 16.4. The molecule has 0 aliphatic heterocycles. The lowest BCUT2D eigenvalue weighted by atomic mass is 10.0. The second kappa shape index (κ2) is 5.30. The van der Waals surface area contributed by atoms with Crippen LogP contribution in [0.5, 0.6) is 0 Å². The number of hydrogen-bond acceptors (Lipinski definition) is 3. The van der Waals surface area contributed by atoms with Crippen molar-refractivity contribution in [3.05, 3.63) is 0 Å². The van der Waals surface area contributed by atoms with Gasteiger partial charge in [-0.3, -0.25) is 4.79 Å². The lowest BCUT2D eigenvalue weighted by molar-refractivity contribution is -0.143. The highest BCUT2D eigenvalue weighted by molar-refractivity contribution is 5.84. The van der Waals surface area contributed by atoms with Gasteiger partial charge in [-0.2, -0.15) is 0 Å². The summed E-state index contributed by atoms with van der Waals surface area (Å²) in [6.45, 7) is 3.53. The molecule has 92 valence electrons. The number of rotatable bonds is 6. The van der Waals surface area contributed by atoms with E-state index in [9.17, 15) is 9.59 Å². The summed E-state index contributed by atoms with van der Waals surface area (Å²) in [4.78, 5) is 22.4. The Balaban J connectivity index is 2.38. The van der Waals surface area contributed by atoms with Gasteiger partial charge in [0, 0.05) is 12.5 Å². The number of hydrogen-bond donors (Lipinski definition) is 3.